The zero-order valence-corrected chi connectivity index (χ0v) is 15.5. The summed E-state index contributed by atoms with van der Waals surface area (Å²) in [5, 5.41) is 0.721. The zero-order valence-electron chi connectivity index (χ0n) is 14.7. The van der Waals surface area contributed by atoms with Gasteiger partial charge in [0.05, 0.1) is 5.69 Å². The van der Waals surface area contributed by atoms with Crippen molar-refractivity contribution >= 4 is 32.6 Å². The SMILES string of the molecule is Cc1cccnc1CS(=O)(=O)NC(=O)c1cc2ccc(N(C)C)cc2o1. The van der Waals surface area contributed by atoms with E-state index in [2.05, 4.69) is 4.98 Å². The number of amides is 1. The summed E-state index contributed by atoms with van der Waals surface area (Å²) in [6.45, 7) is 1.77. The number of benzene rings is 1. The molecule has 1 amide bonds. The summed E-state index contributed by atoms with van der Waals surface area (Å²) in [6, 6.07) is 10.5. The summed E-state index contributed by atoms with van der Waals surface area (Å²) in [4.78, 5) is 18.3. The highest BCUT2D eigenvalue weighted by Crippen LogP contribution is 2.24. The van der Waals surface area contributed by atoms with Gasteiger partial charge in [-0.3, -0.25) is 9.78 Å². The molecule has 0 saturated heterocycles. The standard InChI is InChI=1S/C18H19N3O4S/c1-12-5-4-8-19-15(12)11-26(23,24)20-18(22)17-9-13-6-7-14(21(2)3)10-16(13)25-17/h4-10H,11H2,1-3H3,(H,20,22). The molecule has 0 aliphatic rings. The highest BCUT2D eigenvalue weighted by atomic mass is 32.2. The van der Waals surface area contributed by atoms with E-state index in [1.54, 1.807) is 25.1 Å². The Morgan fingerprint density at radius 2 is 2.00 bits per heavy atom. The molecule has 3 aromatic rings. The fourth-order valence-electron chi connectivity index (χ4n) is 2.49. The number of sulfonamides is 1. The molecule has 136 valence electrons. The predicted octanol–water partition coefficient (Wildman–Crippen LogP) is 2.46. The van der Waals surface area contributed by atoms with Crippen molar-refractivity contribution in [2.24, 2.45) is 0 Å². The van der Waals surface area contributed by atoms with Gasteiger partial charge in [0.1, 0.15) is 11.3 Å². The van der Waals surface area contributed by atoms with Gasteiger partial charge < -0.3 is 9.32 Å². The smallest absolute Gasteiger partial charge is 0.300 e. The third-order valence-electron chi connectivity index (χ3n) is 3.94. The minimum atomic E-state index is -3.89. The van der Waals surface area contributed by atoms with Crippen LogP contribution in [0.4, 0.5) is 5.69 Å². The number of nitrogens with zero attached hydrogens (tertiary/aromatic N) is 2. The number of carbonyl (C=O) groups excluding carboxylic acids is 1. The molecule has 1 aromatic carbocycles. The molecule has 0 aliphatic heterocycles. The molecule has 0 saturated carbocycles. The third-order valence-corrected chi connectivity index (χ3v) is 5.09. The molecule has 3 rings (SSSR count). The van der Waals surface area contributed by atoms with E-state index in [4.69, 9.17) is 4.42 Å². The van der Waals surface area contributed by atoms with Crippen molar-refractivity contribution < 1.29 is 17.6 Å². The van der Waals surface area contributed by atoms with Crippen molar-refractivity contribution in [2.45, 2.75) is 12.7 Å². The maximum atomic E-state index is 12.3. The molecule has 0 fully saturated rings. The first-order chi connectivity index (χ1) is 12.2. The fraction of sp³-hybridized carbons (Fsp3) is 0.222. The Balaban J connectivity index is 1.81. The normalized spacial score (nSPS) is 11.5. The summed E-state index contributed by atoms with van der Waals surface area (Å²) in [5.41, 5.74) is 2.56. The lowest BCUT2D eigenvalue weighted by atomic mass is 10.2. The maximum absolute atomic E-state index is 12.3. The van der Waals surface area contributed by atoms with Crippen LogP contribution in [0.3, 0.4) is 0 Å². The van der Waals surface area contributed by atoms with Crippen molar-refractivity contribution in [3.63, 3.8) is 0 Å². The van der Waals surface area contributed by atoms with E-state index in [-0.39, 0.29) is 11.5 Å². The monoisotopic (exact) mass is 373 g/mol. The fourth-order valence-corrected chi connectivity index (χ4v) is 3.60. The molecule has 0 aliphatic carbocycles. The maximum Gasteiger partial charge on any atom is 0.300 e. The first-order valence-electron chi connectivity index (χ1n) is 7.91. The molecular formula is C18H19N3O4S. The topological polar surface area (TPSA) is 92.5 Å². The Hall–Kier alpha value is -2.87. The van der Waals surface area contributed by atoms with E-state index >= 15 is 0 Å². The van der Waals surface area contributed by atoms with Crippen LogP contribution < -0.4 is 9.62 Å². The number of fused-ring (bicyclic) bond motifs is 1. The first kappa shape index (κ1) is 17.9. The second-order valence-electron chi connectivity index (χ2n) is 6.18. The lowest BCUT2D eigenvalue weighted by Crippen LogP contribution is -2.31. The molecule has 0 unspecified atom stereocenters. The highest BCUT2D eigenvalue weighted by molar-refractivity contribution is 7.89. The van der Waals surface area contributed by atoms with E-state index in [9.17, 15) is 13.2 Å². The number of carbonyl (C=O) groups is 1. The van der Waals surface area contributed by atoms with Crippen molar-refractivity contribution in [3.05, 3.63) is 59.6 Å². The van der Waals surface area contributed by atoms with Crippen LogP contribution in [0.5, 0.6) is 0 Å². The van der Waals surface area contributed by atoms with Crippen molar-refractivity contribution in [1.82, 2.24) is 9.71 Å². The minimum absolute atomic E-state index is 0.0581. The number of furan rings is 1. The Kier molecular flexibility index (Phi) is 4.69. The van der Waals surface area contributed by atoms with Crippen LogP contribution in [0.2, 0.25) is 0 Å². The molecule has 0 spiro atoms. The number of nitrogens with one attached hydrogen (secondary N) is 1. The number of hydrogen-bond donors (Lipinski definition) is 1. The number of rotatable bonds is 5. The lowest BCUT2D eigenvalue weighted by molar-refractivity contribution is 0.0956. The largest absolute Gasteiger partial charge is 0.451 e. The molecule has 26 heavy (non-hydrogen) atoms. The van der Waals surface area contributed by atoms with Gasteiger partial charge in [0, 0.05) is 37.4 Å². The average molecular weight is 373 g/mol. The lowest BCUT2D eigenvalue weighted by Gasteiger charge is -2.11. The quantitative estimate of drug-likeness (QED) is 0.739. The van der Waals surface area contributed by atoms with Crippen LogP contribution in [0.25, 0.3) is 11.0 Å². The van der Waals surface area contributed by atoms with Crippen molar-refractivity contribution in [3.8, 4) is 0 Å². The van der Waals surface area contributed by atoms with Crippen LogP contribution in [-0.2, 0) is 15.8 Å². The number of hydrogen-bond acceptors (Lipinski definition) is 6. The van der Waals surface area contributed by atoms with Crippen molar-refractivity contribution in [1.29, 1.82) is 0 Å². The Labute approximate surface area is 151 Å². The summed E-state index contributed by atoms with van der Waals surface area (Å²) in [5.74, 6) is -1.24. The molecule has 8 heteroatoms. The van der Waals surface area contributed by atoms with Gasteiger partial charge in [-0.05, 0) is 36.8 Å². The molecular weight excluding hydrogens is 354 g/mol. The second-order valence-corrected chi connectivity index (χ2v) is 7.91. The number of pyridine rings is 1. The van der Waals surface area contributed by atoms with Crippen LogP contribution in [0, 0.1) is 6.92 Å². The zero-order chi connectivity index (χ0) is 18.9. The van der Waals surface area contributed by atoms with Crippen LogP contribution in [0.15, 0.2) is 47.0 Å². The third kappa shape index (κ3) is 3.85. The van der Waals surface area contributed by atoms with E-state index in [0.717, 1.165) is 16.6 Å². The van der Waals surface area contributed by atoms with Gasteiger partial charge in [0.15, 0.2) is 5.76 Å². The molecule has 1 N–H and O–H groups in total. The van der Waals surface area contributed by atoms with Crippen LogP contribution in [0.1, 0.15) is 21.8 Å². The molecule has 0 radical (unpaired) electrons. The second kappa shape index (κ2) is 6.80. The Morgan fingerprint density at radius 1 is 1.23 bits per heavy atom. The van der Waals surface area contributed by atoms with Gasteiger partial charge in [-0.15, -0.1) is 0 Å². The number of anilines is 1. The first-order valence-corrected chi connectivity index (χ1v) is 9.56. The molecule has 7 nitrogen and oxygen atoms in total. The molecule has 2 heterocycles. The van der Waals surface area contributed by atoms with Gasteiger partial charge in [-0.25, -0.2) is 13.1 Å². The minimum Gasteiger partial charge on any atom is -0.451 e. The van der Waals surface area contributed by atoms with Crippen LogP contribution in [-0.4, -0.2) is 33.4 Å². The number of aryl methyl sites for hydroxylation is 1. The molecule has 2 aromatic heterocycles. The summed E-state index contributed by atoms with van der Waals surface area (Å²) < 4.78 is 32.1. The molecule has 0 bridgehead atoms. The predicted molar refractivity (Wildman–Crippen MR) is 99.6 cm³/mol. The van der Waals surface area contributed by atoms with Gasteiger partial charge in [0.2, 0.25) is 10.0 Å². The van der Waals surface area contributed by atoms with E-state index < -0.39 is 15.9 Å². The van der Waals surface area contributed by atoms with E-state index in [1.807, 2.05) is 35.9 Å². The van der Waals surface area contributed by atoms with Gasteiger partial charge >= 0.3 is 0 Å². The highest BCUT2D eigenvalue weighted by Gasteiger charge is 2.21. The Bertz CT molecular complexity index is 1070. The summed E-state index contributed by atoms with van der Waals surface area (Å²) in [6.07, 6.45) is 1.52. The van der Waals surface area contributed by atoms with Crippen LogP contribution >= 0.6 is 0 Å². The molecule has 0 atom stereocenters. The van der Waals surface area contributed by atoms with E-state index in [0.29, 0.717) is 11.3 Å². The van der Waals surface area contributed by atoms with Crippen molar-refractivity contribution in [2.75, 3.05) is 19.0 Å². The summed E-state index contributed by atoms with van der Waals surface area (Å²) >= 11 is 0. The van der Waals surface area contributed by atoms with Gasteiger partial charge in [-0.1, -0.05) is 6.07 Å². The van der Waals surface area contributed by atoms with E-state index in [1.165, 1.54) is 12.3 Å². The average Bonchev–Trinajstić information content (AvgIpc) is 2.99. The van der Waals surface area contributed by atoms with Gasteiger partial charge in [0.25, 0.3) is 5.91 Å². The summed E-state index contributed by atoms with van der Waals surface area (Å²) in [7, 11) is -0.108. The van der Waals surface area contributed by atoms with Gasteiger partial charge in [-0.2, -0.15) is 0 Å². The number of aromatic nitrogens is 1. The Morgan fingerprint density at radius 3 is 2.69 bits per heavy atom.